The Hall–Kier alpha value is -1.30. The van der Waals surface area contributed by atoms with E-state index in [0.717, 1.165) is 12.8 Å². The van der Waals surface area contributed by atoms with Crippen molar-refractivity contribution in [1.29, 1.82) is 0 Å². The number of aliphatic hydroxyl groups is 1. The Kier molecular flexibility index (Phi) is 6.01. The zero-order valence-electron chi connectivity index (χ0n) is 13.1. The summed E-state index contributed by atoms with van der Waals surface area (Å²) in [5.41, 5.74) is -1.54. The average molecular weight is 301 g/mol. The Morgan fingerprint density at radius 2 is 1.86 bits per heavy atom. The number of unbranched alkanes of at least 4 members (excludes halogenated alkanes) is 1. The van der Waals surface area contributed by atoms with Crippen LogP contribution in [0.4, 0.5) is 4.79 Å². The molecule has 21 heavy (non-hydrogen) atoms. The van der Waals surface area contributed by atoms with Gasteiger partial charge in [-0.1, -0.05) is 0 Å². The van der Waals surface area contributed by atoms with Gasteiger partial charge in [-0.2, -0.15) is 0 Å². The molecule has 1 aliphatic rings. The topological polar surface area (TPSA) is 95.9 Å². The Bertz CT molecular complexity index is 373. The zero-order chi connectivity index (χ0) is 16.1. The smallest absolute Gasteiger partial charge is 0.407 e. The van der Waals surface area contributed by atoms with Crippen LogP contribution in [0.2, 0.25) is 0 Å². The van der Waals surface area contributed by atoms with Crippen molar-refractivity contribution in [3.63, 3.8) is 0 Å². The highest BCUT2D eigenvalue weighted by molar-refractivity contribution is 5.77. The molecule has 0 aromatic rings. The van der Waals surface area contributed by atoms with Gasteiger partial charge in [0.1, 0.15) is 5.60 Å². The standard InChI is InChI=1S/C15H27NO5/c1-14(2,3)21-13(20)16-10-15(12(18)19,11-6-7-11)8-4-5-9-17/h11,17H,4-10H2,1-3H3,(H,16,20)(H,18,19). The maximum atomic E-state index is 11.7. The Morgan fingerprint density at radius 3 is 2.29 bits per heavy atom. The van der Waals surface area contributed by atoms with Crippen LogP contribution < -0.4 is 5.32 Å². The molecule has 0 saturated heterocycles. The molecule has 1 amide bonds. The van der Waals surface area contributed by atoms with Gasteiger partial charge in [-0.3, -0.25) is 4.79 Å². The van der Waals surface area contributed by atoms with Crippen molar-refractivity contribution in [3.8, 4) is 0 Å². The summed E-state index contributed by atoms with van der Waals surface area (Å²) in [6, 6.07) is 0. The van der Waals surface area contributed by atoms with Gasteiger partial charge in [-0.25, -0.2) is 4.79 Å². The number of carboxylic acids is 1. The lowest BCUT2D eigenvalue weighted by atomic mass is 9.78. The van der Waals surface area contributed by atoms with Crippen LogP contribution in [0.15, 0.2) is 0 Å². The minimum atomic E-state index is -0.938. The molecule has 6 heteroatoms. The first-order valence-corrected chi connectivity index (χ1v) is 7.52. The van der Waals surface area contributed by atoms with Crippen molar-refractivity contribution in [2.75, 3.05) is 13.2 Å². The number of alkyl carbamates (subject to hydrolysis) is 1. The molecule has 0 bridgehead atoms. The predicted molar refractivity (Wildman–Crippen MR) is 78.0 cm³/mol. The Balaban J connectivity index is 2.64. The van der Waals surface area contributed by atoms with E-state index in [1.54, 1.807) is 20.8 Å². The summed E-state index contributed by atoms with van der Waals surface area (Å²) in [6.07, 6.45) is 2.84. The second kappa shape index (κ2) is 7.11. The van der Waals surface area contributed by atoms with Crippen LogP contribution in [0, 0.1) is 11.3 Å². The number of aliphatic hydroxyl groups excluding tert-OH is 1. The van der Waals surface area contributed by atoms with E-state index in [0.29, 0.717) is 19.3 Å². The highest BCUT2D eigenvalue weighted by Crippen LogP contribution is 2.48. The highest BCUT2D eigenvalue weighted by atomic mass is 16.6. The molecule has 0 aromatic carbocycles. The monoisotopic (exact) mass is 301 g/mol. The van der Waals surface area contributed by atoms with Crippen molar-refractivity contribution in [2.24, 2.45) is 11.3 Å². The van der Waals surface area contributed by atoms with Gasteiger partial charge in [-0.05, 0) is 58.8 Å². The lowest BCUT2D eigenvalue weighted by Crippen LogP contribution is -2.46. The summed E-state index contributed by atoms with van der Waals surface area (Å²) in [4.78, 5) is 23.5. The van der Waals surface area contributed by atoms with Crippen molar-refractivity contribution in [2.45, 2.75) is 58.5 Å². The molecule has 122 valence electrons. The van der Waals surface area contributed by atoms with Crippen LogP contribution in [-0.2, 0) is 9.53 Å². The molecule has 1 rings (SSSR count). The lowest BCUT2D eigenvalue weighted by Gasteiger charge is -2.30. The quantitative estimate of drug-likeness (QED) is 0.597. The van der Waals surface area contributed by atoms with Gasteiger partial charge in [0.2, 0.25) is 0 Å². The fourth-order valence-electron chi connectivity index (χ4n) is 2.53. The number of aliphatic carboxylic acids is 1. The van der Waals surface area contributed by atoms with E-state index in [1.165, 1.54) is 0 Å². The number of hydrogen-bond donors (Lipinski definition) is 3. The summed E-state index contributed by atoms with van der Waals surface area (Å²) in [5.74, 6) is -0.775. The number of carbonyl (C=O) groups is 2. The van der Waals surface area contributed by atoms with E-state index in [-0.39, 0.29) is 19.1 Å². The number of carboxylic acid groups (broad SMARTS) is 1. The lowest BCUT2D eigenvalue weighted by molar-refractivity contribution is -0.150. The van der Waals surface area contributed by atoms with Crippen molar-refractivity contribution < 1.29 is 24.5 Å². The van der Waals surface area contributed by atoms with E-state index in [1.807, 2.05) is 0 Å². The summed E-state index contributed by atoms with van der Waals surface area (Å²) in [7, 11) is 0. The van der Waals surface area contributed by atoms with E-state index < -0.39 is 23.1 Å². The SMILES string of the molecule is CC(C)(C)OC(=O)NCC(CCCCO)(C(=O)O)C1CC1. The maximum Gasteiger partial charge on any atom is 0.407 e. The van der Waals surface area contributed by atoms with Crippen LogP contribution in [0.5, 0.6) is 0 Å². The van der Waals surface area contributed by atoms with E-state index in [4.69, 9.17) is 9.84 Å². The van der Waals surface area contributed by atoms with Crippen LogP contribution >= 0.6 is 0 Å². The average Bonchev–Trinajstić information content (AvgIpc) is 3.15. The molecule has 1 fully saturated rings. The summed E-state index contributed by atoms with van der Waals surface area (Å²) < 4.78 is 5.16. The van der Waals surface area contributed by atoms with Gasteiger partial charge in [0.15, 0.2) is 0 Å². The number of ether oxygens (including phenoxy) is 1. The number of carbonyl (C=O) groups excluding carboxylic acids is 1. The molecule has 6 nitrogen and oxygen atoms in total. The predicted octanol–water partition coefficient (Wildman–Crippen LogP) is 2.15. The second-order valence-electron chi connectivity index (χ2n) is 6.77. The summed E-state index contributed by atoms with van der Waals surface area (Å²) in [5, 5.41) is 21.1. The fourth-order valence-corrected chi connectivity index (χ4v) is 2.53. The van der Waals surface area contributed by atoms with Gasteiger partial charge in [0.25, 0.3) is 0 Å². The largest absolute Gasteiger partial charge is 0.481 e. The molecule has 0 radical (unpaired) electrons. The summed E-state index contributed by atoms with van der Waals surface area (Å²) in [6.45, 7) is 5.42. The zero-order valence-corrected chi connectivity index (χ0v) is 13.1. The second-order valence-corrected chi connectivity index (χ2v) is 6.77. The molecule has 1 unspecified atom stereocenters. The number of hydrogen-bond acceptors (Lipinski definition) is 4. The molecule has 1 saturated carbocycles. The van der Waals surface area contributed by atoms with Crippen molar-refractivity contribution >= 4 is 12.1 Å². The highest BCUT2D eigenvalue weighted by Gasteiger charge is 2.50. The minimum Gasteiger partial charge on any atom is -0.481 e. The van der Waals surface area contributed by atoms with Gasteiger partial charge in [-0.15, -0.1) is 0 Å². The molecule has 0 spiro atoms. The van der Waals surface area contributed by atoms with Gasteiger partial charge >= 0.3 is 12.1 Å². The fraction of sp³-hybridized carbons (Fsp3) is 0.867. The maximum absolute atomic E-state index is 11.7. The third-order valence-electron chi connectivity index (χ3n) is 3.76. The summed E-state index contributed by atoms with van der Waals surface area (Å²) >= 11 is 0. The first kappa shape index (κ1) is 17.8. The first-order valence-electron chi connectivity index (χ1n) is 7.52. The Labute approximate surface area is 125 Å². The molecule has 3 N–H and O–H groups in total. The molecule has 1 atom stereocenters. The Morgan fingerprint density at radius 1 is 1.24 bits per heavy atom. The van der Waals surface area contributed by atoms with E-state index >= 15 is 0 Å². The normalized spacial score (nSPS) is 17.9. The molecule has 0 aromatic heterocycles. The van der Waals surface area contributed by atoms with Gasteiger partial charge < -0.3 is 20.3 Å². The van der Waals surface area contributed by atoms with Gasteiger partial charge in [0, 0.05) is 13.2 Å². The molecule has 0 aliphatic heterocycles. The van der Waals surface area contributed by atoms with Crippen LogP contribution in [-0.4, -0.2) is 41.0 Å². The molecular formula is C15H27NO5. The van der Waals surface area contributed by atoms with E-state index in [2.05, 4.69) is 5.32 Å². The van der Waals surface area contributed by atoms with Crippen molar-refractivity contribution in [3.05, 3.63) is 0 Å². The number of nitrogens with one attached hydrogen (secondary N) is 1. The van der Waals surface area contributed by atoms with Crippen LogP contribution in [0.3, 0.4) is 0 Å². The van der Waals surface area contributed by atoms with Gasteiger partial charge in [0.05, 0.1) is 5.41 Å². The third-order valence-corrected chi connectivity index (χ3v) is 3.76. The minimum absolute atomic E-state index is 0.0554. The molecule has 0 heterocycles. The molecule has 1 aliphatic carbocycles. The molecular weight excluding hydrogens is 274 g/mol. The number of rotatable bonds is 8. The van der Waals surface area contributed by atoms with E-state index in [9.17, 15) is 14.7 Å². The number of amides is 1. The van der Waals surface area contributed by atoms with Crippen LogP contribution in [0.1, 0.15) is 52.9 Å². The van der Waals surface area contributed by atoms with Crippen LogP contribution in [0.25, 0.3) is 0 Å². The third kappa shape index (κ3) is 5.53. The first-order chi connectivity index (χ1) is 9.71. The van der Waals surface area contributed by atoms with Crippen molar-refractivity contribution in [1.82, 2.24) is 5.32 Å².